The monoisotopic (exact) mass is 418 g/mol. The van der Waals surface area contributed by atoms with Crippen molar-refractivity contribution in [3.63, 3.8) is 0 Å². The molecule has 1 aromatic carbocycles. The van der Waals surface area contributed by atoms with E-state index < -0.39 is 30.6 Å². The Bertz CT molecular complexity index is 1090. The van der Waals surface area contributed by atoms with Gasteiger partial charge >= 0.3 is 6.18 Å². The van der Waals surface area contributed by atoms with E-state index in [4.69, 9.17) is 9.47 Å². The molecule has 3 atom stereocenters. The highest BCUT2D eigenvalue weighted by Crippen LogP contribution is 2.49. The fraction of sp³-hybridized carbons (Fsp3) is 0.318. The van der Waals surface area contributed by atoms with Crippen LogP contribution in [0.25, 0.3) is 5.65 Å². The van der Waals surface area contributed by atoms with Gasteiger partial charge in [-0.3, -0.25) is 0 Å². The molecule has 1 aliphatic heterocycles. The van der Waals surface area contributed by atoms with E-state index in [0.29, 0.717) is 11.2 Å². The number of aromatic nitrogens is 2. The van der Waals surface area contributed by atoms with Gasteiger partial charge in [0.05, 0.1) is 5.69 Å². The van der Waals surface area contributed by atoms with Crippen molar-refractivity contribution in [1.29, 1.82) is 0 Å². The average Bonchev–Trinajstić information content (AvgIpc) is 3.01. The number of aryl methyl sites for hydroxylation is 2. The summed E-state index contributed by atoms with van der Waals surface area (Å²) in [4.78, 5) is 4.53. The molecule has 0 aliphatic carbocycles. The Hall–Kier alpha value is -2.84. The van der Waals surface area contributed by atoms with Crippen LogP contribution in [-0.4, -0.2) is 33.4 Å². The van der Waals surface area contributed by atoms with E-state index >= 15 is 0 Å². The van der Waals surface area contributed by atoms with Crippen molar-refractivity contribution in [2.24, 2.45) is 0 Å². The van der Waals surface area contributed by atoms with E-state index in [1.807, 2.05) is 13.8 Å². The van der Waals surface area contributed by atoms with Crippen LogP contribution in [-0.2, 0) is 10.3 Å². The summed E-state index contributed by atoms with van der Waals surface area (Å²) < 4.78 is 52.5. The van der Waals surface area contributed by atoms with Crippen LogP contribution in [0.5, 0.6) is 5.75 Å². The molecule has 158 valence electrons. The molecule has 1 aliphatic rings. The molecule has 0 saturated heterocycles. The lowest BCUT2D eigenvalue weighted by Crippen LogP contribution is -2.50. The minimum Gasteiger partial charge on any atom is -0.479 e. The third kappa shape index (κ3) is 3.16. The van der Waals surface area contributed by atoms with Gasteiger partial charge in [-0.25, -0.2) is 4.98 Å². The zero-order valence-electron chi connectivity index (χ0n) is 16.5. The highest BCUT2D eigenvalue weighted by atomic mass is 19.4. The lowest BCUT2D eigenvalue weighted by atomic mass is 9.80. The highest BCUT2D eigenvalue weighted by Gasteiger charge is 2.52. The number of hydrogen-bond acceptors (Lipinski definition) is 4. The van der Waals surface area contributed by atoms with Crippen molar-refractivity contribution in [1.82, 2.24) is 9.38 Å². The number of imidazole rings is 1. The summed E-state index contributed by atoms with van der Waals surface area (Å²) in [5.41, 5.74) is 1.09. The topological polar surface area (TPSA) is 56.0 Å². The van der Waals surface area contributed by atoms with Gasteiger partial charge in [-0.15, -0.1) is 0 Å². The molecule has 0 saturated carbocycles. The van der Waals surface area contributed by atoms with Crippen LogP contribution in [0.2, 0.25) is 0 Å². The lowest BCUT2D eigenvalue weighted by Gasteiger charge is -2.44. The van der Waals surface area contributed by atoms with E-state index in [1.54, 1.807) is 47.0 Å². The zero-order chi connectivity index (χ0) is 21.7. The number of aliphatic hydroxyl groups is 1. The minimum absolute atomic E-state index is 0.249. The third-order valence-electron chi connectivity index (χ3n) is 5.52. The van der Waals surface area contributed by atoms with Crippen molar-refractivity contribution in [3.8, 4) is 5.75 Å². The standard InChI is InChI=1S/C22H21F3N2O3/c1-4-21(29-12-22(23,24)25)16-10-11-27-14(3)13(2)26-20(27)18(16)30-17(19(21)28)15-8-6-5-7-9-15/h4-11,17,19,28H,1,12H2,2-3H3/t17-,19-,21+/m1/s1. The van der Waals surface area contributed by atoms with E-state index in [0.717, 1.165) is 11.4 Å². The lowest BCUT2D eigenvalue weighted by molar-refractivity contribution is -0.228. The summed E-state index contributed by atoms with van der Waals surface area (Å²) in [7, 11) is 0. The fourth-order valence-corrected chi connectivity index (χ4v) is 3.86. The van der Waals surface area contributed by atoms with E-state index in [1.165, 1.54) is 6.08 Å². The van der Waals surface area contributed by atoms with Gasteiger partial charge in [-0.2, -0.15) is 13.2 Å². The predicted octanol–water partition coefficient (Wildman–Crippen LogP) is 4.41. The molecule has 0 amide bonds. The van der Waals surface area contributed by atoms with Crippen LogP contribution in [0.4, 0.5) is 13.2 Å². The number of pyridine rings is 1. The Morgan fingerprint density at radius 1 is 1.27 bits per heavy atom. The maximum absolute atomic E-state index is 13.1. The van der Waals surface area contributed by atoms with Crippen LogP contribution in [0.3, 0.4) is 0 Å². The first-order valence-electron chi connectivity index (χ1n) is 9.40. The van der Waals surface area contributed by atoms with Crippen LogP contribution in [0, 0.1) is 13.8 Å². The Labute approximate surface area is 171 Å². The number of alkyl halides is 3. The number of fused-ring (bicyclic) bond motifs is 3. The Morgan fingerprint density at radius 2 is 1.97 bits per heavy atom. The van der Waals surface area contributed by atoms with Crippen LogP contribution < -0.4 is 4.74 Å². The number of rotatable bonds is 4. The number of benzene rings is 1. The van der Waals surface area contributed by atoms with Crippen molar-refractivity contribution in [2.45, 2.75) is 37.8 Å². The van der Waals surface area contributed by atoms with Gasteiger partial charge < -0.3 is 19.0 Å². The maximum atomic E-state index is 13.1. The second-order valence-electron chi connectivity index (χ2n) is 7.33. The smallest absolute Gasteiger partial charge is 0.411 e. The largest absolute Gasteiger partial charge is 0.479 e. The molecule has 30 heavy (non-hydrogen) atoms. The van der Waals surface area contributed by atoms with Crippen molar-refractivity contribution < 1.29 is 27.8 Å². The van der Waals surface area contributed by atoms with Crippen LogP contribution in [0.1, 0.15) is 28.6 Å². The molecule has 0 fully saturated rings. The molecule has 3 heterocycles. The molecule has 2 aromatic heterocycles. The molecular formula is C22H21F3N2O3. The Kier molecular flexibility index (Phi) is 4.86. The van der Waals surface area contributed by atoms with Crippen molar-refractivity contribution in [3.05, 3.63) is 77.8 Å². The normalized spacial score (nSPS) is 23.8. The molecule has 0 radical (unpaired) electrons. The van der Waals surface area contributed by atoms with E-state index in [9.17, 15) is 18.3 Å². The van der Waals surface area contributed by atoms with Gasteiger partial charge in [0.15, 0.2) is 17.5 Å². The molecule has 5 nitrogen and oxygen atoms in total. The summed E-state index contributed by atoms with van der Waals surface area (Å²) in [5.74, 6) is 0.259. The van der Waals surface area contributed by atoms with Crippen molar-refractivity contribution in [2.75, 3.05) is 6.61 Å². The van der Waals surface area contributed by atoms with E-state index in [2.05, 4.69) is 11.6 Å². The second kappa shape index (κ2) is 7.14. The minimum atomic E-state index is -4.58. The summed E-state index contributed by atoms with van der Waals surface area (Å²) in [6.45, 7) is 5.87. The first kappa shape index (κ1) is 20.4. The third-order valence-corrected chi connectivity index (χ3v) is 5.52. The number of hydrogen-bond donors (Lipinski definition) is 1. The second-order valence-corrected chi connectivity index (χ2v) is 7.33. The summed E-state index contributed by atoms with van der Waals surface area (Å²) in [5, 5.41) is 11.2. The Balaban J connectivity index is 1.96. The number of ether oxygens (including phenoxy) is 2. The first-order chi connectivity index (χ1) is 14.2. The van der Waals surface area contributed by atoms with Gasteiger partial charge in [-0.1, -0.05) is 43.0 Å². The maximum Gasteiger partial charge on any atom is 0.411 e. The summed E-state index contributed by atoms with van der Waals surface area (Å²) in [6, 6.07) is 10.4. The average molecular weight is 418 g/mol. The van der Waals surface area contributed by atoms with Gasteiger partial charge in [0.25, 0.3) is 0 Å². The predicted molar refractivity (Wildman–Crippen MR) is 104 cm³/mol. The highest BCUT2D eigenvalue weighted by molar-refractivity contribution is 5.64. The van der Waals surface area contributed by atoms with E-state index in [-0.39, 0.29) is 11.3 Å². The van der Waals surface area contributed by atoms with Crippen LogP contribution in [0.15, 0.2) is 55.3 Å². The van der Waals surface area contributed by atoms with Crippen molar-refractivity contribution >= 4 is 5.65 Å². The van der Waals surface area contributed by atoms with Gasteiger partial charge in [0.2, 0.25) is 0 Å². The zero-order valence-corrected chi connectivity index (χ0v) is 16.5. The molecular weight excluding hydrogens is 397 g/mol. The molecule has 4 rings (SSSR count). The van der Waals surface area contributed by atoms with Gasteiger partial charge in [0, 0.05) is 17.5 Å². The fourth-order valence-electron chi connectivity index (χ4n) is 3.86. The molecule has 1 N–H and O–H groups in total. The Morgan fingerprint density at radius 3 is 2.60 bits per heavy atom. The molecule has 8 heteroatoms. The summed E-state index contributed by atoms with van der Waals surface area (Å²) >= 11 is 0. The molecule has 0 spiro atoms. The van der Waals surface area contributed by atoms with Crippen LogP contribution >= 0.6 is 0 Å². The first-order valence-corrected chi connectivity index (χ1v) is 9.40. The molecule has 3 aromatic rings. The SMILES string of the molecule is C=C[C@]1(OCC(F)(F)F)c2ccn3c(C)c(C)nc3c2O[C@H](c2ccccc2)[C@H]1O. The van der Waals surface area contributed by atoms with Gasteiger partial charge in [0.1, 0.15) is 18.3 Å². The number of aliphatic hydroxyl groups excluding tert-OH is 1. The quantitative estimate of drug-likeness (QED) is 0.638. The molecule has 0 unspecified atom stereocenters. The number of nitrogens with zero attached hydrogens (tertiary/aromatic N) is 2. The molecule has 0 bridgehead atoms. The number of halogens is 3. The van der Waals surface area contributed by atoms with Gasteiger partial charge in [-0.05, 0) is 25.5 Å². The summed E-state index contributed by atoms with van der Waals surface area (Å²) in [6.07, 6.45) is -4.14.